The Bertz CT molecular complexity index is 370. The summed E-state index contributed by atoms with van der Waals surface area (Å²) in [5, 5.41) is 0. The summed E-state index contributed by atoms with van der Waals surface area (Å²) in [5.41, 5.74) is 1.17. The summed E-state index contributed by atoms with van der Waals surface area (Å²) in [6.45, 7) is 5.13. The monoisotopic (exact) mass is 235 g/mol. The molecule has 0 unspecified atom stereocenters. The molecule has 0 amide bonds. The van der Waals surface area contributed by atoms with Gasteiger partial charge in [0.15, 0.2) is 0 Å². The first-order valence-electron chi connectivity index (χ1n) is 6.69. The predicted molar refractivity (Wildman–Crippen MR) is 65.8 cm³/mol. The second-order valence-corrected chi connectivity index (χ2v) is 5.19. The summed E-state index contributed by atoms with van der Waals surface area (Å²) in [6, 6.07) is 1.20. The van der Waals surface area contributed by atoms with Gasteiger partial charge >= 0.3 is 0 Å². The van der Waals surface area contributed by atoms with E-state index in [1.165, 1.54) is 37.9 Å². The molecule has 4 heteroatoms. The van der Waals surface area contributed by atoms with Gasteiger partial charge in [0, 0.05) is 31.1 Å². The molecule has 2 aliphatic heterocycles. The molecule has 0 spiro atoms. The Hall–Kier alpha value is -0.870. The highest BCUT2D eigenvalue weighted by atomic mass is 16.5. The number of aryl methyl sites for hydroxylation is 1. The fourth-order valence-electron chi connectivity index (χ4n) is 3.14. The Labute approximate surface area is 102 Å². The Morgan fingerprint density at radius 2 is 2.18 bits per heavy atom. The van der Waals surface area contributed by atoms with Crippen LogP contribution in [0.15, 0.2) is 6.20 Å². The van der Waals surface area contributed by atoms with Crippen molar-refractivity contribution in [1.29, 1.82) is 0 Å². The molecule has 2 fully saturated rings. The number of likely N-dealkylation sites (tertiary alicyclic amines) is 1. The standard InChI is InChI=1S/C13H21N3O/c1-10-9-14-13(15-10)12-3-2-6-16(12)11-4-7-17-8-5-11/h9,11-12H,2-8H2,1H3,(H,14,15)/t12-/m1/s1. The fourth-order valence-corrected chi connectivity index (χ4v) is 3.14. The maximum Gasteiger partial charge on any atom is 0.123 e. The maximum absolute atomic E-state index is 5.45. The van der Waals surface area contributed by atoms with Gasteiger partial charge in [-0.2, -0.15) is 0 Å². The lowest BCUT2D eigenvalue weighted by Crippen LogP contribution is -2.39. The van der Waals surface area contributed by atoms with Crippen LogP contribution in [0.3, 0.4) is 0 Å². The number of hydrogen-bond donors (Lipinski definition) is 1. The van der Waals surface area contributed by atoms with Gasteiger partial charge in [0.05, 0.1) is 6.04 Å². The first kappa shape index (κ1) is 11.2. The van der Waals surface area contributed by atoms with Crippen molar-refractivity contribution in [3.05, 3.63) is 17.7 Å². The van der Waals surface area contributed by atoms with Gasteiger partial charge in [-0.3, -0.25) is 4.90 Å². The van der Waals surface area contributed by atoms with Gasteiger partial charge in [-0.1, -0.05) is 0 Å². The molecule has 3 rings (SSSR count). The molecule has 3 heterocycles. The molecular formula is C13H21N3O. The number of hydrogen-bond acceptors (Lipinski definition) is 3. The largest absolute Gasteiger partial charge is 0.381 e. The van der Waals surface area contributed by atoms with Crippen LogP contribution >= 0.6 is 0 Å². The summed E-state index contributed by atoms with van der Waals surface area (Å²) in [6.07, 6.45) is 6.83. The van der Waals surface area contributed by atoms with E-state index in [1.54, 1.807) is 0 Å². The van der Waals surface area contributed by atoms with E-state index in [0.29, 0.717) is 12.1 Å². The molecule has 1 N–H and O–H groups in total. The molecule has 0 bridgehead atoms. The number of aromatic nitrogens is 2. The Kier molecular flexibility index (Phi) is 3.16. The first-order valence-corrected chi connectivity index (χ1v) is 6.69. The summed E-state index contributed by atoms with van der Waals surface area (Å²) in [4.78, 5) is 10.6. The highest BCUT2D eigenvalue weighted by molar-refractivity contribution is 5.06. The number of nitrogens with one attached hydrogen (secondary N) is 1. The van der Waals surface area contributed by atoms with E-state index in [9.17, 15) is 0 Å². The van der Waals surface area contributed by atoms with E-state index in [-0.39, 0.29) is 0 Å². The molecule has 2 aliphatic rings. The van der Waals surface area contributed by atoms with E-state index >= 15 is 0 Å². The van der Waals surface area contributed by atoms with Crippen molar-refractivity contribution >= 4 is 0 Å². The fraction of sp³-hybridized carbons (Fsp3) is 0.769. The van der Waals surface area contributed by atoms with Crippen molar-refractivity contribution in [3.8, 4) is 0 Å². The molecule has 0 saturated carbocycles. The van der Waals surface area contributed by atoms with Gasteiger partial charge < -0.3 is 9.72 Å². The van der Waals surface area contributed by atoms with Crippen LogP contribution in [0.2, 0.25) is 0 Å². The van der Waals surface area contributed by atoms with E-state index in [1.807, 2.05) is 6.20 Å². The van der Waals surface area contributed by atoms with Crippen molar-refractivity contribution in [2.75, 3.05) is 19.8 Å². The Morgan fingerprint density at radius 1 is 1.35 bits per heavy atom. The third-order valence-corrected chi connectivity index (χ3v) is 3.99. The molecule has 0 aliphatic carbocycles. The lowest BCUT2D eigenvalue weighted by Gasteiger charge is -2.34. The molecule has 17 heavy (non-hydrogen) atoms. The molecule has 2 saturated heterocycles. The molecule has 1 aromatic heterocycles. The lowest BCUT2D eigenvalue weighted by molar-refractivity contribution is 0.0280. The second kappa shape index (κ2) is 4.78. The Morgan fingerprint density at radius 3 is 2.88 bits per heavy atom. The van der Waals surface area contributed by atoms with Crippen LogP contribution in [0, 0.1) is 6.92 Å². The molecular weight excluding hydrogens is 214 g/mol. The van der Waals surface area contributed by atoms with Gasteiger partial charge in [0.1, 0.15) is 5.82 Å². The minimum atomic E-state index is 0.506. The van der Waals surface area contributed by atoms with Crippen LogP contribution in [0.1, 0.15) is 43.2 Å². The molecule has 94 valence electrons. The maximum atomic E-state index is 5.45. The zero-order valence-corrected chi connectivity index (χ0v) is 10.5. The van der Waals surface area contributed by atoms with E-state index in [0.717, 1.165) is 19.0 Å². The van der Waals surface area contributed by atoms with E-state index in [2.05, 4.69) is 21.8 Å². The zero-order chi connectivity index (χ0) is 11.7. The van der Waals surface area contributed by atoms with Crippen LogP contribution < -0.4 is 0 Å². The summed E-state index contributed by atoms with van der Waals surface area (Å²) in [5.74, 6) is 1.16. The Balaban J connectivity index is 1.74. The molecule has 1 atom stereocenters. The normalized spacial score (nSPS) is 27.7. The van der Waals surface area contributed by atoms with Crippen LogP contribution in [0.5, 0.6) is 0 Å². The van der Waals surface area contributed by atoms with E-state index < -0.39 is 0 Å². The molecule has 1 aromatic rings. The third kappa shape index (κ3) is 2.24. The highest BCUT2D eigenvalue weighted by Gasteiger charge is 2.33. The summed E-state index contributed by atoms with van der Waals surface area (Å²) < 4.78 is 5.45. The predicted octanol–water partition coefficient (Wildman–Crippen LogP) is 2.03. The highest BCUT2D eigenvalue weighted by Crippen LogP contribution is 2.34. The van der Waals surface area contributed by atoms with Crippen molar-refractivity contribution in [2.24, 2.45) is 0 Å². The van der Waals surface area contributed by atoms with E-state index in [4.69, 9.17) is 4.74 Å². The molecule has 0 aromatic carbocycles. The van der Waals surface area contributed by atoms with Gasteiger partial charge in [-0.25, -0.2) is 4.98 Å². The second-order valence-electron chi connectivity index (χ2n) is 5.19. The lowest BCUT2D eigenvalue weighted by atomic mass is 10.1. The topological polar surface area (TPSA) is 41.2 Å². The van der Waals surface area contributed by atoms with Crippen molar-refractivity contribution < 1.29 is 4.74 Å². The smallest absolute Gasteiger partial charge is 0.123 e. The molecule has 0 radical (unpaired) electrons. The van der Waals surface area contributed by atoms with Crippen LogP contribution in [-0.4, -0.2) is 40.7 Å². The van der Waals surface area contributed by atoms with Crippen LogP contribution in [0.4, 0.5) is 0 Å². The van der Waals surface area contributed by atoms with Crippen molar-refractivity contribution in [3.63, 3.8) is 0 Å². The molecule has 4 nitrogen and oxygen atoms in total. The first-order chi connectivity index (χ1) is 8.34. The minimum absolute atomic E-state index is 0.506. The third-order valence-electron chi connectivity index (χ3n) is 3.99. The van der Waals surface area contributed by atoms with Crippen LogP contribution in [-0.2, 0) is 4.74 Å². The summed E-state index contributed by atoms with van der Waals surface area (Å²) in [7, 11) is 0. The number of nitrogens with zero attached hydrogens (tertiary/aromatic N) is 2. The quantitative estimate of drug-likeness (QED) is 0.852. The van der Waals surface area contributed by atoms with Gasteiger partial charge in [-0.15, -0.1) is 0 Å². The average molecular weight is 235 g/mol. The summed E-state index contributed by atoms with van der Waals surface area (Å²) >= 11 is 0. The average Bonchev–Trinajstić information content (AvgIpc) is 2.98. The van der Waals surface area contributed by atoms with Gasteiger partial charge in [0.25, 0.3) is 0 Å². The number of rotatable bonds is 2. The SMILES string of the molecule is Cc1cnc([C@H]2CCCN2C2CCOCC2)[nH]1. The van der Waals surface area contributed by atoms with Gasteiger partial charge in [0.2, 0.25) is 0 Å². The zero-order valence-electron chi connectivity index (χ0n) is 10.5. The van der Waals surface area contributed by atoms with Crippen molar-refractivity contribution in [1.82, 2.24) is 14.9 Å². The minimum Gasteiger partial charge on any atom is -0.381 e. The van der Waals surface area contributed by atoms with Crippen molar-refractivity contribution in [2.45, 2.75) is 44.7 Å². The van der Waals surface area contributed by atoms with Gasteiger partial charge in [-0.05, 0) is 39.2 Å². The number of H-pyrrole nitrogens is 1. The van der Waals surface area contributed by atoms with Crippen LogP contribution in [0.25, 0.3) is 0 Å². The number of aromatic amines is 1. The number of imidazole rings is 1. The number of ether oxygens (including phenoxy) is 1.